The van der Waals surface area contributed by atoms with Crippen LogP contribution in [0.2, 0.25) is 0 Å². The maximum atomic E-state index is 2.40. The molecule has 2 rings (SSSR count). The maximum Gasteiger partial charge on any atom is -0.0357 e. The van der Waals surface area contributed by atoms with E-state index in [4.69, 9.17) is 0 Å². The van der Waals surface area contributed by atoms with Crippen LogP contribution in [0.25, 0.3) is 0 Å². The third-order valence-electron chi connectivity index (χ3n) is 2.70. The average Bonchev–Trinajstić information content (AvgIpc) is 2.33. The largest absolute Gasteiger partial charge is 0.0622 e. The van der Waals surface area contributed by atoms with Crippen molar-refractivity contribution in [1.29, 1.82) is 0 Å². The van der Waals surface area contributed by atoms with Gasteiger partial charge in [0, 0.05) is 0 Å². The smallest absolute Gasteiger partial charge is 0.0357 e. The lowest BCUT2D eigenvalue weighted by Crippen LogP contribution is -1.88. The van der Waals surface area contributed by atoms with Crippen LogP contribution < -0.4 is 0 Å². The quantitative estimate of drug-likeness (QED) is 0.433. The third-order valence-corrected chi connectivity index (χ3v) is 2.70. The first-order chi connectivity index (χ1) is 3.38. The normalized spacial score (nSPS) is 57.0. The lowest BCUT2D eigenvalue weighted by molar-refractivity contribution is 0.530. The van der Waals surface area contributed by atoms with E-state index in [1.165, 1.54) is 18.3 Å². The fourth-order valence-electron chi connectivity index (χ4n) is 1.99. The molecular formula is C7H12. The van der Waals surface area contributed by atoms with Gasteiger partial charge in [-0.15, -0.1) is 0 Å². The van der Waals surface area contributed by atoms with Gasteiger partial charge in [-0.1, -0.05) is 13.3 Å². The van der Waals surface area contributed by atoms with E-state index in [0.717, 1.165) is 5.92 Å². The zero-order valence-electron chi connectivity index (χ0n) is 4.85. The van der Waals surface area contributed by atoms with Gasteiger partial charge in [0.1, 0.15) is 0 Å². The van der Waals surface area contributed by atoms with E-state index in [2.05, 4.69) is 6.92 Å². The predicted molar refractivity (Wildman–Crippen MR) is 30.0 cm³/mol. The summed E-state index contributed by atoms with van der Waals surface area (Å²) < 4.78 is 0. The monoisotopic (exact) mass is 96.1 g/mol. The number of fused-ring (bicyclic) bond motifs is 1. The van der Waals surface area contributed by atoms with Crippen LogP contribution in [0.1, 0.15) is 26.2 Å². The minimum absolute atomic E-state index is 1.09. The van der Waals surface area contributed by atoms with E-state index in [1.54, 1.807) is 12.8 Å². The molecule has 0 aromatic rings. The molecule has 0 aliphatic heterocycles. The molecular weight excluding hydrogens is 84.1 g/mol. The van der Waals surface area contributed by atoms with Crippen LogP contribution in [0.4, 0.5) is 0 Å². The van der Waals surface area contributed by atoms with Crippen molar-refractivity contribution < 1.29 is 0 Å². The Morgan fingerprint density at radius 1 is 1.29 bits per heavy atom. The molecule has 0 spiro atoms. The summed E-state index contributed by atoms with van der Waals surface area (Å²) in [6.45, 7) is 2.40. The summed E-state index contributed by atoms with van der Waals surface area (Å²) >= 11 is 0. The highest BCUT2D eigenvalue weighted by Crippen LogP contribution is 2.54. The van der Waals surface area contributed by atoms with Crippen molar-refractivity contribution in [2.75, 3.05) is 0 Å². The van der Waals surface area contributed by atoms with Crippen molar-refractivity contribution in [2.24, 2.45) is 17.8 Å². The summed E-state index contributed by atoms with van der Waals surface area (Å²) in [6, 6.07) is 0. The Labute approximate surface area is 44.9 Å². The van der Waals surface area contributed by atoms with Crippen LogP contribution in [-0.2, 0) is 0 Å². The Hall–Kier alpha value is 0. The molecule has 0 aromatic heterocycles. The molecule has 0 heterocycles. The summed E-state index contributed by atoms with van der Waals surface area (Å²) in [5, 5.41) is 0. The number of rotatable bonds is 0. The van der Waals surface area contributed by atoms with Crippen molar-refractivity contribution in [1.82, 2.24) is 0 Å². The van der Waals surface area contributed by atoms with Gasteiger partial charge in [-0.05, 0) is 30.6 Å². The molecule has 3 atom stereocenters. The molecule has 0 aromatic carbocycles. The Kier molecular flexibility index (Phi) is 0.586. The first kappa shape index (κ1) is 3.94. The van der Waals surface area contributed by atoms with Crippen LogP contribution in [0.3, 0.4) is 0 Å². The van der Waals surface area contributed by atoms with Crippen LogP contribution in [0.15, 0.2) is 0 Å². The molecule has 2 unspecified atom stereocenters. The summed E-state index contributed by atoms with van der Waals surface area (Å²) in [5.74, 6) is 3.46. The van der Waals surface area contributed by atoms with E-state index in [0.29, 0.717) is 0 Å². The Morgan fingerprint density at radius 2 is 2.14 bits per heavy atom. The molecule has 7 heavy (non-hydrogen) atoms. The second-order valence-electron chi connectivity index (χ2n) is 3.21. The van der Waals surface area contributed by atoms with Gasteiger partial charge in [-0.25, -0.2) is 0 Å². The molecule has 0 amide bonds. The number of hydrogen-bond donors (Lipinski definition) is 0. The van der Waals surface area contributed by atoms with Crippen LogP contribution in [0, 0.1) is 17.8 Å². The molecule has 0 nitrogen and oxygen atoms in total. The van der Waals surface area contributed by atoms with Crippen molar-refractivity contribution >= 4 is 0 Å². The van der Waals surface area contributed by atoms with Crippen LogP contribution in [0.5, 0.6) is 0 Å². The zero-order valence-corrected chi connectivity index (χ0v) is 4.85. The Bertz CT molecular complexity index is 86.0. The second kappa shape index (κ2) is 1.04. The summed E-state index contributed by atoms with van der Waals surface area (Å²) in [7, 11) is 0. The highest BCUT2D eigenvalue weighted by atomic mass is 14.5. The average molecular weight is 96.2 g/mol. The van der Waals surface area contributed by atoms with Crippen LogP contribution in [-0.4, -0.2) is 0 Å². The summed E-state index contributed by atoms with van der Waals surface area (Å²) in [4.78, 5) is 0. The minimum Gasteiger partial charge on any atom is -0.0622 e. The molecule has 0 radical (unpaired) electrons. The van der Waals surface area contributed by atoms with E-state index in [9.17, 15) is 0 Å². The Balaban J connectivity index is 2.08. The van der Waals surface area contributed by atoms with Gasteiger partial charge < -0.3 is 0 Å². The van der Waals surface area contributed by atoms with Crippen molar-refractivity contribution in [3.63, 3.8) is 0 Å². The number of hydrogen-bond acceptors (Lipinski definition) is 0. The zero-order chi connectivity index (χ0) is 4.85. The standard InChI is InChI=1S/C7H12/c1-5-2-3-6-4-7(5)6/h5-7H,2-4H2,1H3/t5-,6?,7?/m1/s1. The molecule has 0 heteroatoms. The highest BCUT2D eigenvalue weighted by Gasteiger charge is 2.45. The van der Waals surface area contributed by atoms with Gasteiger partial charge in [-0.3, -0.25) is 0 Å². The lowest BCUT2D eigenvalue weighted by Gasteiger charge is -1.98. The fourth-order valence-corrected chi connectivity index (χ4v) is 1.99. The van der Waals surface area contributed by atoms with Crippen molar-refractivity contribution in [2.45, 2.75) is 26.2 Å². The van der Waals surface area contributed by atoms with Gasteiger partial charge in [0.25, 0.3) is 0 Å². The van der Waals surface area contributed by atoms with Gasteiger partial charge >= 0.3 is 0 Å². The van der Waals surface area contributed by atoms with E-state index in [1.807, 2.05) is 0 Å². The van der Waals surface area contributed by atoms with E-state index in [-0.39, 0.29) is 0 Å². The third kappa shape index (κ3) is 0.427. The highest BCUT2D eigenvalue weighted by molar-refractivity contribution is 4.95. The molecule has 2 fully saturated rings. The first-order valence-electron chi connectivity index (χ1n) is 3.38. The first-order valence-corrected chi connectivity index (χ1v) is 3.38. The van der Waals surface area contributed by atoms with Crippen molar-refractivity contribution in [3.05, 3.63) is 0 Å². The second-order valence-corrected chi connectivity index (χ2v) is 3.21. The van der Waals surface area contributed by atoms with E-state index >= 15 is 0 Å². The topological polar surface area (TPSA) is 0 Å². The van der Waals surface area contributed by atoms with Crippen LogP contribution >= 0.6 is 0 Å². The minimum atomic E-state index is 1.09. The molecule has 40 valence electrons. The van der Waals surface area contributed by atoms with Gasteiger partial charge in [0.15, 0.2) is 0 Å². The maximum absolute atomic E-state index is 2.40. The fraction of sp³-hybridized carbons (Fsp3) is 1.00. The van der Waals surface area contributed by atoms with Gasteiger partial charge in [0.05, 0.1) is 0 Å². The summed E-state index contributed by atoms with van der Waals surface area (Å²) in [6.07, 6.45) is 4.64. The SMILES string of the molecule is C[C@@H]1CCC2CC21. The van der Waals surface area contributed by atoms with Gasteiger partial charge in [-0.2, -0.15) is 0 Å². The Morgan fingerprint density at radius 3 is 2.29 bits per heavy atom. The molecule has 2 aliphatic rings. The summed E-state index contributed by atoms with van der Waals surface area (Å²) in [5.41, 5.74) is 0. The molecule has 2 saturated carbocycles. The molecule has 0 N–H and O–H groups in total. The molecule has 0 saturated heterocycles. The predicted octanol–water partition coefficient (Wildman–Crippen LogP) is 2.05. The van der Waals surface area contributed by atoms with Crippen molar-refractivity contribution in [3.8, 4) is 0 Å². The lowest BCUT2D eigenvalue weighted by atomic mass is 10.1. The van der Waals surface area contributed by atoms with Gasteiger partial charge in [0.2, 0.25) is 0 Å². The molecule has 2 aliphatic carbocycles. The molecule has 0 bridgehead atoms. The van der Waals surface area contributed by atoms with E-state index < -0.39 is 0 Å².